The molecule has 5 heteroatoms. The summed E-state index contributed by atoms with van der Waals surface area (Å²) >= 11 is 3.10. The monoisotopic (exact) mass is 284 g/mol. The average molecular weight is 285 g/mol. The Morgan fingerprint density at radius 1 is 1.38 bits per heavy atom. The Labute approximate surface area is 101 Å². The van der Waals surface area contributed by atoms with Gasteiger partial charge < -0.3 is 10.6 Å². The zero-order chi connectivity index (χ0) is 11.3. The second kappa shape index (κ2) is 3.45. The summed E-state index contributed by atoms with van der Waals surface area (Å²) in [4.78, 5) is 11.7. The van der Waals surface area contributed by atoms with E-state index in [-0.39, 0.29) is 17.6 Å². The van der Waals surface area contributed by atoms with Gasteiger partial charge in [-0.1, -0.05) is 0 Å². The molecule has 0 aromatic heterocycles. The third kappa shape index (κ3) is 1.50. The van der Waals surface area contributed by atoms with E-state index in [1.165, 1.54) is 0 Å². The highest BCUT2D eigenvalue weighted by Crippen LogP contribution is 2.40. The van der Waals surface area contributed by atoms with Gasteiger partial charge in [-0.15, -0.1) is 0 Å². The molecule has 1 aromatic carbocycles. The fraction of sp³-hybridized carbons (Fsp3) is 0.364. The molecule has 1 saturated carbocycles. The number of anilines is 2. The number of carbonyl (C=O) groups is 1. The molecule has 84 valence electrons. The molecular weight excluding hydrogens is 275 g/mol. The van der Waals surface area contributed by atoms with Gasteiger partial charge in [0.15, 0.2) is 5.82 Å². The number of rotatable bonds is 1. The molecule has 1 aliphatic carbocycles. The SMILES string of the molecule is O=C1Nc2c(ccc(Br)c2F)NC1C1CC1. The van der Waals surface area contributed by atoms with Crippen molar-refractivity contribution in [2.75, 3.05) is 10.6 Å². The Balaban J connectivity index is 2.00. The van der Waals surface area contributed by atoms with Gasteiger partial charge in [-0.2, -0.15) is 0 Å². The fourth-order valence-electron chi connectivity index (χ4n) is 1.99. The van der Waals surface area contributed by atoms with Crippen LogP contribution in [0.1, 0.15) is 12.8 Å². The standard InChI is InChI=1S/C11H10BrFN2O/c12-6-3-4-7-10(8(6)13)15-11(16)9(14-7)5-1-2-5/h3-5,9,14H,1-2H2,(H,15,16). The van der Waals surface area contributed by atoms with Gasteiger partial charge in [-0.05, 0) is 46.8 Å². The summed E-state index contributed by atoms with van der Waals surface area (Å²) in [6.07, 6.45) is 2.14. The van der Waals surface area contributed by atoms with Crippen LogP contribution in [0.15, 0.2) is 16.6 Å². The molecule has 2 N–H and O–H groups in total. The molecule has 1 fully saturated rings. The first-order valence-corrected chi connectivity index (χ1v) is 6.01. The molecule has 2 aliphatic rings. The maximum Gasteiger partial charge on any atom is 0.247 e. The first-order chi connectivity index (χ1) is 7.66. The van der Waals surface area contributed by atoms with Crippen LogP contribution >= 0.6 is 15.9 Å². The Hall–Kier alpha value is -1.10. The van der Waals surface area contributed by atoms with Crippen molar-refractivity contribution in [3.05, 3.63) is 22.4 Å². The van der Waals surface area contributed by atoms with Crippen LogP contribution in [0.25, 0.3) is 0 Å². The van der Waals surface area contributed by atoms with E-state index in [0.29, 0.717) is 16.1 Å². The number of carbonyl (C=O) groups excluding carboxylic acids is 1. The quantitative estimate of drug-likeness (QED) is 0.833. The van der Waals surface area contributed by atoms with E-state index in [1.807, 2.05) is 0 Å². The molecular formula is C11H10BrFN2O. The Morgan fingerprint density at radius 2 is 2.12 bits per heavy atom. The second-order valence-corrected chi connectivity index (χ2v) is 5.09. The minimum absolute atomic E-state index is 0.132. The zero-order valence-corrected chi connectivity index (χ0v) is 9.97. The molecule has 16 heavy (non-hydrogen) atoms. The molecule has 0 bridgehead atoms. The number of hydrogen-bond donors (Lipinski definition) is 2. The van der Waals surface area contributed by atoms with Crippen molar-refractivity contribution in [3.8, 4) is 0 Å². The molecule has 0 radical (unpaired) electrons. The maximum atomic E-state index is 13.7. The van der Waals surface area contributed by atoms with E-state index in [1.54, 1.807) is 12.1 Å². The van der Waals surface area contributed by atoms with Gasteiger partial charge in [0.2, 0.25) is 5.91 Å². The molecule has 0 spiro atoms. The highest BCUT2D eigenvalue weighted by Gasteiger charge is 2.39. The Kier molecular flexibility index (Phi) is 2.17. The molecule has 3 nitrogen and oxygen atoms in total. The Bertz CT molecular complexity index is 473. The van der Waals surface area contributed by atoms with Crippen molar-refractivity contribution < 1.29 is 9.18 Å². The minimum Gasteiger partial charge on any atom is -0.372 e. The van der Waals surface area contributed by atoms with E-state index < -0.39 is 5.82 Å². The van der Waals surface area contributed by atoms with Crippen LogP contribution in [-0.2, 0) is 4.79 Å². The maximum absolute atomic E-state index is 13.7. The van der Waals surface area contributed by atoms with Crippen molar-refractivity contribution in [3.63, 3.8) is 0 Å². The topological polar surface area (TPSA) is 41.1 Å². The summed E-state index contributed by atoms with van der Waals surface area (Å²) in [5, 5.41) is 5.74. The van der Waals surface area contributed by atoms with Gasteiger partial charge in [-0.3, -0.25) is 4.79 Å². The molecule has 1 unspecified atom stereocenters. The van der Waals surface area contributed by atoms with Crippen LogP contribution in [0.2, 0.25) is 0 Å². The summed E-state index contributed by atoms with van der Waals surface area (Å²) < 4.78 is 14.1. The smallest absolute Gasteiger partial charge is 0.247 e. The number of halogens is 2. The Morgan fingerprint density at radius 3 is 2.81 bits per heavy atom. The van der Waals surface area contributed by atoms with Gasteiger partial charge in [0.05, 0.1) is 10.2 Å². The highest BCUT2D eigenvalue weighted by molar-refractivity contribution is 9.10. The minimum atomic E-state index is -0.424. The van der Waals surface area contributed by atoms with Crippen molar-refractivity contribution >= 4 is 33.2 Å². The normalized spacial score (nSPS) is 23.4. The highest BCUT2D eigenvalue weighted by atomic mass is 79.9. The lowest BCUT2D eigenvalue weighted by molar-refractivity contribution is -0.117. The number of amides is 1. The summed E-state index contributed by atoms with van der Waals surface area (Å²) in [5.74, 6) is -0.153. The summed E-state index contributed by atoms with van der Waals surface area (Å²) in [6, 6.07) is 3.22. The first kappa shape index (κ1) is 10.1. The van der Waals surface area contributed by atoms with Crippen LogP contribution in [0.5, 0.6) is 0 Å². The summed E-state index contributed by atoms with van der Waals surface area (Å²) in [6.45, 7) is 0. The lowest BCUT2D eigenvalue weighted by Crippen LogP contribution is -2.40. The number of nitrogens with one attached hydrogen (secondary N) is 2. The van der Waals surface area contributed by atoms with E-state index in [4.69, 9.17) is 0 Å². The molecule has 3 rings (SSSR count). The van der Waals surface area contributed by atoms with Crippen molar-refractivity contribution in [1.29, 1.82) is 0 Å². The largest absolute Gasteiger partial charge is 0.372 e. The van der Waals surface area contributed by atoms with E-state index in [9.17, 15) is 9.18 Å². The van der Waals surface area contributed by atoms with E-state index in [2.05, 4.69) is 26.6 Å². The lowest BCUT2D eigenvalue weighted by atomic mass is 10.1. The van der Waals surface area contributed by atoms with E-state index in [0.717, 1.165) is 12.8 Å². The van der Waals surface area contributed by atoms with Crippen molar-refractivity contribution in [1.82, 2.24) is 0 Å². The second-order valence-electron chi connectivity index (χ2n) is 4.23. The summed E-state index contributed by atoms with van der Waals surface area (Å²) in [5.41, 5.74) is 0.911. The third-order valence-electron chi connectivity index (χ3n) is 3.03. The predicted molar refractivity (Wildman–Crippen MR) is 62.9 cm³/mol. The molecule has 1 amide bonds. The average Bonchev–Trinajstić information content (AvgIpc) is 3.08. The number of fused-ring (bicyclic) bond motifs is 1. The molecule has 1 aliphatic heterocycles. The number of benzene rings is 1. The fourth-order valence-corrected chi connectivity index (χ4v) is 2.32. The van der Waals surface area contributed by atoms with Gasteiger partial charge in [0, 0.05) is 0 Å². The van der Waals surface area contributed by atoms with Crippen LogP contribution in [0, 0.1) is 11.7 Å². The van der Waals surface area contributed by atoms with Crippen molar-refractivity contribution in [2.45, 2.75) is 18.9 Å². The number of hydrogen-bond acceptors (Lipinski definition) is 2. The van der Waals surface area contributed by atoms with Gasteiger partial charge in [0.1, 0.15) is 11.7 Å². The molecule has 1 heterocycles. The van der Waals surface area contributed by atoms with Crippen LogP contribution in [0.3, 0.4) is 0 Å². The van der Waals surface area contributed by atoms with Crippen LogP contribution < -0.4 is 10.6 Å². The third-order valence-corrected chi connectivity index (χ3v) is 3.64. The predicted octanol–water partition coefficient (Wildman–Crippen LogP) is 2.73. The van der Waals surface area contributed by atoms with Gasteiger partial charge >= 0.3 is 0 Å². The van der Waals surface area contributed by atoms with Gasteiger partial charge in [-0.25, -0.2) is 4.39 Å². The van der Waals surface area contributed by atoms with Crippen LogP contribution in [-0.4, -0.2) is 11.9 Å². The molecule has 0 saturated heterocycles. The van der Waals surface area contributed by atoms with Crippen molar-refractivity contribution in [2.24, 2.45) is 5.92 Å². The van der Waals surface area contributed by atoms with Gasteiger partial charge in [0.25, 0.3) is 0 Å². The van der Waals surface area contributed by atoms with E-state index >= 15 is 0 Å². The molecule has 1 atom stereocenters. The van der Waals surface area contributed by atoms with Crippen LogP contribution in [0.4, 0.5) is 15.8 Å². The first-order valence-electron chi connectivity index (χ1n) is 5.22. The molecule has 1 aromatic rings. The summed E-state index contributed by atoms with van der Waals surface area (Å²) in [7, 11) is 0. The zero-order valence-electron chi connectivity index (χ0n) is 8.39. The lowest BCUT2D eigenvalue weighted by Gasteiger charge is -2.27.